The maximum absolute atomic E-state index is 12.7. The van der Waals surface area contributed by atoms with Crippen LogP contribution >= 0.6 is 0 Å². The highest BCUT2D eigenvalue weighted by molar-refractivity contribution is 5.97. The molecule has 0 saturated heterocycles. The largest absolute Gasteiger partial charge is 0.467 e. The van der Waals surface area contributed by atoms with E-state index in [1.54, 1.807) is 41.2 Å². The van der Waals surface area contributed by atoms with E-state index in [1.807, 2.05) is 0 Å². The van der Waals surface area contributed by atoms with Gasteiger partial charge in [0.1, 0.15) is 11.6 Å². The van der Waals surface area contributed by atoms with E-state index in [2.05, 4.69) is 10.3 Å². The van der Waals surface area contributed by atoms with E-state index < -0.39 is 0 Å². The van der Waals surface area contributed by atoms with Crippen LogP contribution in [0.1, 0.15) is 41.2 Å². The first kappa shape index (κ1) is 15.6. The number of aromatic nitrogens is 2. The number of nitrogens with one attached hydrogen (secondary N) is 1. The van der Waals surface area contributed by atoms with Crippen LogP contribution in [0.25, 0.3) is 10.9 Å². The average molecular weight is 337 g/mol. The number of amides is 1. The van der Waals surface area contributed by atoms with E-state index in [0.29, 0.717) is 28.8 Å². The van der Waals surface area contributed by atoms with Crippen LogP contribution in [0.15, 0.2) is 45.8 Å². The Morgan fingerprint density at radius 1 is 1.24 bits per heavy atom. The molecule has 2 aromatic heterocycles. The van der Waals surface area contributed by atoms with E-state index in [9.17, 15) is 9.59 Å². The highest BCUT2D eigenvalue weighted by Crippen LogP contribution is 2.16. The lowest BCUT2D eigenvalue weighted by Gasteiger charge is -2.11. The maximum atomic E-state index is 12.7. The molecule has 1 amide bonds. The second-order valence-corrected chi connectivity index (χ2v) is 6.29. The third-order valence-corrected chi connectivity index (χ3v) is 4.58. The molecule has 1 aromatic carbocycles. The zero-order valence-electron chi connectivity index (χ0n) is 13.8. The molecule has 128 valence electrons. The van der Waals surface area contributed by atoms with Gasteiger partial charge in [0, 0.05) is 18.5 Å². The molecule has 0 aliphatic carbocycles. The Kier molecular flexibility index (Phi) is 4.09. The second kappa shape index (κ2) is 6.55. The van der Waals surface area contributed by atoms with Crippen LogP contribution in [-0.2, 0) is 19.5 Å². The number of carbonyl (C=O) groups is 1. The summed E-state index contributed by atoms with van der Waals surface area (Å²) < 4.78 is 6.99. The number of hydrogen-bond acceptors (Lipinski definition) is 4. The number of hydrogen-bond donors (Lipinski definition) is 1. The zero-order valence-corrected chi connectivity index (χ0v) is 13.8. The summed E-state index contributed by atoms with van der Waals surface area (Å²) in [5, 5.41) is 3.37. The molecule has 0 spiro atoms. The lowest BCUT2D eigenvalue weighted by Crippen LogP contribution is -2.25. The predicted octanol–water partition coefficient (Wildman–Crippen LogP) is 2.65. The van der Waals surface area contributed by atoms with Crippen molar-refractivity contribution >= 4 is 16.8 Å². The smallest absolute Gasteiger partial charge is 0.261 e. The molecular formula is C19H19N3O3. The normalized spacial score (nSPS) is 14.1. The lowest BCUT2D eigenvalue weighted by molar-refractivity contribution is 0.0948. The SMILES string of the molecule is O=C(NCc1ccco1)c1ccc2c(=O)n3c(nc2c1)CCCCC3. The van der Waals surface area contributed by atoms with Crippen molar-refractivity contribution in [1.82, 2.24) is 14.9 Å². The summed E-state index contributed by atoms with van der Waals surface area (Å²) in [4.78, 5) is 29.7. The van der Waals surface area contributed by atoms with Crippen molar-refractivity contribution in [1.29, 1.82) is 0 Å². The topological polar surface area (TPSA) is 77.1 Å². The quantitative estimate of drug-likeness (QED) is 0.797. The highest BCUT2D eigenvalue weighted by Gasteiger charge is 2.15. The minimum Gasteiger partial charge on any atom is -0.467 e. The summed E-state index contributed by atoms with van der Waals surface area (Å²) in [7, 11) is 0. The first-order chi connectivity index (χ1) is 12.2. The van der Waals surface area contributed by atoms with E-state index in [1.165, 1.54) is 0 Å². The van der Waals surface area contributed by atoms with Crippen LogP contribution in [0.4, 0.5) is 0 Å². The van der Waals surface area contributed by atoms with Gasteiger partial charge in [0.25, 0.3) is 11.5 Å². The van der Waals surface area contributed by atoms with Crippen LogP contribution in [0, 0.1) is 0 Å². The summed E-state index contributed by atoms with van der Waals surface area (Å²) in [5.74, 6) is 1.30. The van der Waals surface area contributed by atoms with Gasteiger partial charge in [-0.05, 0) is 43.2 Å². The molecule has 0 saturated carbocycles. The fourth-order valence-corrected chi connectivity index (χ4v) is 3.24. The summed E-state index contributed by atoms with van der Waals surface area (Å²) in [6.07, 6.45) is 5.54. The Morgan fingerprint density at radius 3 is 3.00 bits per heavy atom. The molecular weight excluding hydrogens is 318 g/mol. The van der Waals surface area contributed by atoms with E-state index in [4.69, 9.17) is 4.42 Å². The molecule has 3 heterocycles. The van der Waals surface area contributed by atoms with Gasteiger partial charge in [-0.25, -0.2) is 4.98 Å². The van der Waals surface area contributed by atoms with Crippen molar-refractivity contribution in [2.75, 3.05) is 0 Å². The van der Waals surface area contributed by atoms with Gasteiger partial charge in [-0.15, -0.1) is 0 Å². The Morgan fingerprint density at radius 2 is 2.16 bits per heavy atom. The number of nitrogens with zero attached hydrogens (tertiary/aromatic N) is 2. The number of benzene rings is 1. The Labute approximate surface area is 144 Å². The van der Waals surface area contributed by atoms with Gasteiger partial charge in [-0.3, -0.25) is 14.2 Å². The number of aryl methyl sites for hydroxylation is 1. The number of furan rings is 1. The molecule has 6 heteroatoms. The highest BCUT2D eigenvalue weighted by atomic mass is 16.3. The van der Waals surface area contributed by atoms with E-state index in [-0.39, 0.29) is 11.5 Å². The van der Waals surface area contributed by atoms with Crippen LogP contribution in [0.5, 0.6) is 0 Å². The van der Waals surface area contributed by atoms with Crippen molar-refractivity contribution in [2.45, 2.75) is 38.8 Å². The predicted molar refractivity (Wildman–Crippen MR) is 93.4 cm³/mol. The Balaban J connectivity index is 1.65. The monoisotopic (exact) mass is 337 g/mol. The van der Waals surface area contributed by atoms with Crippen molar-refractivity contribution in [3.05, 3.63) is 64.1 Å². The fraction of sp³-hybridized carbons (Fsp3) is 0.316. The summed E-state index contributed by atoms with van der Waals surface area (Å²) in [5.41, 5.74) is 1.07. The number of carbonyl (C=O) groups excluding carboxylic acids is 1. The van der Waals surface area contributed by atoms with Crippen LogP contribution in [-0.4, -0.2) is 15.5 Å². The van der Waals surface area contributed by atoms with Crippen LogP contribution < -0.4 is 10.9 Å². The number of rotatable bonds is 3. The Hall–Kier alpha value is -2.89. The van der Waals surface area contributed by atoms with Gasteiger partial charge in [0.05, 0.1) is 23.7 Å². The van der Waals surface area contributed by atoms with Gasteiger partial charge >= 0.3 is 0 Å². The molecule has 25 heavy (non-hydrogen) atoms. The molecule has 1 N–H and O–H groups in total. The van der Waals surface area contributed by atoms with Gasteiger partial charge in [-0.1, -0.05) is 6.42 Å². The first-order valence-corrected chi connectivity index (χ1v) is 8.56. The minimum atomic E-state index is -0.213. The first-order valence-electron chi connectivity index (χ1n) is 8.56. The van der Waals surface area contributed by atoms with Crippen molar-refractivity contribution in [3.8, 4) is 0 Å². The fourth-order valence-electron chi connectivity index (χ4n) is 3.24. The second-order valence-electron chi connectivity index (χ2n) is 6.29. The minimum absolute atomic E-state index is 0.00977. The van der Waals surface area contributed by atoms with Gasteiger partial charge in [-0.2, -0.15) is 0 Å². The molecule has 0 bridgehead atoms. The molecule has 1 aliphatic heterocycles. The molecule has 4 rings (SSSR count). The summed E-state index contributed by atoms with van der Waals surface area (Å²) in [6, 6.07) is 8.65. The Bertz CT molecular complexity index is 973. The van der Waals surface area contributed by atoms with Gasteiger partial charge in [0.2, 0.25) is 0 Å². The zero-order chi connectivity index (χ0) is 17.2. The van der Waals surface area contributed by atoms with Crippen LogP contribution in [0.3, 0.4) is 0 Å². The van der Waals surface area contributed by atoms with Crippen LogP contribution in [0.2, 0.25) is 0 Å². The van der Waals surface area contributed by atoms with Crippen molar-refractivity contribution < 1.29 is 9.21 Å². The molecule has 0 atom stereocenters. The molecule has 0 radical (unpaired) electrons. The number of fused-ring (bicyclic) bond motifs is 2. The summed E-state index contributed by atoms with van der Waals surface area (Å²) in [6.45, 7) is 1.05. The molecule has 1 aliphatic rings. The molecule has 3 aromatic rings. The van der Waals surface area contributed by atoms with Crippen molar-refractivity contribution in [2.24, 2.45) is 0 Å². The van der Waals surface area contributed by atoms with Gasteiger partial charge in [0.15, 0.2) is 0 Å². The standard InChI is InChI=1S/C19H19N3O3/c23-18(20-12-14-5-4-10-25-14)13-7-8-15-16(11-13)21-17-6-2-1-3-9-22(17)19(15)24/h4-5,7-8,10-11H,1-3,6,9,12H2,(H,20,23). The molecule has 6 nitrogen and oxygen atoms in total. The van der Waals surface area contributed by atoms with E-state index >= 15 is 0 Å². The molecule has 0 fully saturated rings. The lowest BCUT2D eigenvalue weighted by atomic mass is 10.1. The molecule has 0 unspecified atom stereocenters. The van der Waals surface area contributed by atoms with E-state index in [0.717, 1.165) is 38.1 Å². The average Bonchev–Trinajstić information content (AvgIpc) is 3.04. The summed E-state index contributed by atoms with van der Waals surface area (Å²) >= 11 is 0. The third-order valence-electron chi connectivity index (χ3n) is 4.58. The van der Waals surface area contributed by atoms with Gasteiger partial charge < -0.3 is 9.73 Å². The van der Waals surface area contributed by atoms with Crippen molar-refractivity contribution in [3.63, 3.8) is 0 Å². The third kappa shape index (κ3) is 3.07. The maximum Gasteiger partial charge on any atom is 0.261 e.